The third kappa shape index (κ3) is 3.01. The predicted molar refractivity (Wildman–Crippen MR) is 79.0 cm³/mol. The van der Waals surface area contributed by atoms with Crippen molar-refractivity contribution in [2.75, 3.05) is 0 Å². The van der Waals surface area contributed by atoms with Crippen LogP contribution in [0.5, 0.6) is 0 Å². The maximum atomic E-state index is 13.2. The Bertz CT molecular complexity index is 834. The Morgan fingerprint density at radius 3 is 2.77 bits per heavy atom. The van der Waals surface area contributed by atoms with Gasteiger partial charge in [-0.15, -0.1) is 10.2 Å². The van der Waals surface area contributed by atoms with Crippen molar-refractivity contribution >= 4 is 17.4 Å². The lowest BCUT2D eigenvalue weighted by Crippen LogP contribution is -2.13. The third-order valence-corrected chi connectivity index (χ3v) is 3.32. The molecule has 0 saturated carbocycles. The van der Waals surface area contributed by atoms with Crippen molar-refractivity contribution in [1.82, 2.24) is 20.2 Å². The van der Waals surface area contributed by atoms with Gasteiger partial charge in [0.1, 0.15) is 12.4 Å². The minimum Gasteiger partial charge on any atom is -0.292 e. The Morgan fingerprint density at radius 2 is 2.00 bits per heavy atom. The minimum atomic E-state index is -0.388. The Kier molecular flexibility index (Phi) is 3.93. The molecule has 1 heterocycles. The molecule has 1 aromatic heterocycles. The van der Waals surface area contributed by atoms with Crippen LogP contribution in [0.3, 0.4) is 0 Å². The van der Waals surface area contributed by atoms with E-state index in [4.69, 9.17) is 11.6 Å². The van der Waals surface area contributed by atoms with E-state index in [1.807, 2.05) is 0 Å². The van der Waals surface area contributed by atoms with Crippen molar-refractivity contribution < 1.29 is 9.18 Å². The molecule has 0 radical (unpaired) electrons. The first-order valence-corrected chi connectivity index (χ1v) is 6.83. The smallest absolute Gasteiger partial charge is 0.205 e. The van der Waals surface area contributed by atoms with E-state index in [0.29, 0.717) is 16.1 Å². The normalized spacial score (nSPS) is 10.6. The van der Waals surface area contributed by atoms with Gasteiger partial charge in [0.2, 0.25) is 5.82 Å². The maximum Gasteiger partial charge on any atom is 0.205 e. The second-order valence-corrected chi connectivity index (χ2v) is 4.96. The second kappa shape index (κ2) is 6.03. The topological polar surface area (TPSA) is 60.7 Å². The van der Waals surface area contributed by atoms with Crippen LogP contribution in [0, 0.1) is 5.82 Å². The van der Waals surface area contributed by atoms with E-state index in [0.717, 1.165) is 4.80 Å². The highest BCUT2D eigenvalue weighted by Crippen LogP contribution is 2.17. The fourth-order valence-electron chi connectivity index (χ4n) is 1.95. The number of ketones is 1. The van der Waals surface area contributed by atoms with Crippen LogP contribution in [-0.2, 0) is 6.54 Å². The van der Waals surface area contributed by atoms with Gasteiger partial charge < -0.3 is 0 Å². The number of rotatable bonds is 4. The number of nitrogens with zero attached hydrogens (tertiary/aromatic N) is 4. The lowest BCUT2D eigenvalue weighted by molar-refractivity contribution is 0.0961. The number of tetrazole rings is 1. The average molecular weight is 317 g/mol. The molecule has 3 rings (SSSR count). The molecule has 7 heteroatoms. The zero-order chi connectivity index (χ0) is 15.5. The van der Waals surface area contributed by atoms with Crippen LogP contribution in [0.15, 0.2) is 48.5 Å². The van der Waals surface area contributed by atoms with Crippen molar-refractivity contribution in [3.63, 3.8) is 0 Å². The predicted octanol–water partition coefficient (Wildman–Crippen LogP) is 3.02. The highest BCUT2D eigenvalue weighted by Gasteiger charge is 2.13. The summed E-state index contributed by atoms with van der Waals surface area (Å²) in [7, 11) is 0. The third-order valence-electron chi connectivity index (χ3n) is 2.99. The Balaban J connectivity index is 1.80. The summed E-state index contributed by atoms with van der Waals surface area (Å²) in [6.07, 6.45) is 0. The van der Waals surface area contributed by atoms with E-state index < -0.39 is 0 Å². The zero-order valence-corrected chi connectivity index (χ0v) is 12.0. The number of aromatic nitrogens is 4. The summed E-state index contributed by atoms with van der Waals surface area (Å²) < 4.78 is 13.2. The Labute approximate surface area is 130 Å². The minimum absolute atomic E-state index is 0.0912. The number of Topliss-reactive ketones (excluding diaryl/α,β-unsaturated/α-hetero) is 1. The molecular formula is C15H10ClFN4O. The van der Waals surface area contributed by atoms with Gasteiger partial charge in [0, 0.05) is 11.1 Å². The molecule has 0 fully saturated rings. The highest BCUT2D eigenvalue weighted by molar-refractivity contribution is 6.33. The molecule has 0 spiro atoms. The van der Waals surface area contributed by atoms with Crippen molar-refractivity contribution in [2.24, 2.45) is 0 Å². The van der Waals surface area contributed by atoms with E-state index in [2.05, 4.69) is 15.4 Å². The molecule has 0 aliphatic carbocycles. The summed E-state index contributed by atoms with van der Waals surface area (Å²) in [6.45, 7) is -0.0912. The highest BCUT2D eigenvalue weighted by atomic mass is 35.5. The van der Waals surface area contributed by atoms with Gasteiger partial charge in [0.25, 0.3) is 0 Å². The summed E-state index contributed by atoms with van der Waals surface area (Å²) in [5.74, 6) is -0.360. The second-order valence-electron chi connectivity index (χ2n) is 4.56. The van der Waals surface area contributed by atoms with Crippen LogP contribution in [0.4, 0.5) is 4.39 Å². The van der Waals surface area contributed by atoms with E-state index in [1.54, 1.807) is 36.4 Å². The number of carbonyl (C=O) groups excluding carboxylic acids is 1. The first kappa shape index (κ1) is 14.3. The summed E-state index contributed by atoms with van der Waals surface area (Å²) in [6, 6.07) is 12.6. The molecule has 2 aromatic carbocycles. The quantitative estimate of drug-likeness (QED) is 0.694. The molecule has 0 bridgehead atoms. The number of hydrogen-bond acceptors (Lipinski definition) is 4. The van der Waals surface area contributed by atoms with Gasteiger partial charge >= 0.3 is 0 Å². The average Bonchev–Trinajstić information content (AvgIpc) is 2.96. The number of benzene rings is 2. The summed E-state index contributed by atoms with van der Waals surface area (Å²) in [4.78, 5) is 13.3. The Morgan fingerprint density at radius 1 is 1.18 bits per heavy atom. The lowest BCUT2D eigenvalue weighted by Gasteiger charge is -2.01. The molecule has 5 nitrogen and oxygen atoms in total. The first-order valence-electron chi connectivity index (χ1n) is 6.45. The molecule has 0 amide bonds. The summed E-state index contributed by atoms with van der Waals surface area (Å²) in [5.41, 5.74) is 0.894. The van der Waals surface area contributed by atoms with E-state index >= 15 is 0 Å². The van der Waals surface area contributed by atoms with Gasteiger partial charge in [-0.1, -0.05) is 35.9 Å². The van der Waals surface area contributed by atoms with Crippen LogP contribution in [0.1, 0.15) is 10.4 Å². The lowest BCUT2D eigenvalue weighted by atomic mass is 10.1. The fraction of sp³-hybridized carbons (Fsp3) is 0.0667. The largest absolute Gasteiger partial charge is 0.292 e. The molecule has 0 unspecified atom stereocenters. The molecule has 110 valence electrons. The SMILES string of the molecule is O=C(Cn1nnc(-c2cccc(F)c2)n1)c1ccccc1Cl. The van der Waals surface area contributed by atoms with Crippen molar-refractivity contribution in [3.05, 3.63) is 64.9 Å². The van der Waals surface area contributed by atoms with Gasteiger partial charge in [-0.05, 0) is 29.5 Å². The van der Waals surface area contributed by atoms with E-state index in [-0.39, 0.29) is 24.0 Å². The van der Waals surface area contributed by atoms with Gasteiger partial charge in [0.05, 0.1) is 5.02 Å². The van der Waals surface area contributed by atoms with Crippen molar-refractivity contribution in [3.8, 4) is 11.4 Å². The molecule has 0 saturated heterocycles. The van der Waals surface area contributed by atoms with Gasteiger partial charge in [0.15, 0.2) is 5.78 Å². The van der Waals surface area contributed by atoms with E-state index in [1.165, 1.54) is 12.1 Å². The van der Waals surface area contributed by atoms with Crippen LogP contribution in [-0.4, -0.2) is 26.0 Å². The number of halogens is 2. The van der Waals surface area contributed by atoms with Crippen LogP contribution < -0.4 is 0 Å². The first-order chi connectivity index (χ1) is 10.6. The standard InChI is InChI=1S/C15H10ClFN4O/c16-13-7-2-1-6-12(13)14(22)9-21-19-15(18-20-21)10-4-3-5-11(17)8-10/h1-8H,9H2. The summed E-state index contributed by atoms with van der Waals surface area (Å²) in [5, 5.41) is 12.1. The van der Waals surface area contributed by atoms with Gasteiger partial charge in [-0.2, -0.15) is 4.80 Å². The number of hydrogen-bond donors (Lipinski definition) is 0. The Hall–Kier alpha value is -2.60. The molecule has 0 atom stereocenters. The molecule has 0 aliphatic heterocycles. The maximum absolute atomic E-state index is 13.2. The van der Waals surface area contributed by atoms with Crippen molar-refractivity contribution in [1.29, 1.82) is 0 Å². The van der Waals surface area contributed by atoms with Crippen LogP contribution >= 0.6 is 11.6 Å². The van der Waals surface area contributed by atoms with Gasteiger partial charge in [-0.25, -0.2) is 4.39 Å². The molecule has 0 aliphatic rings. The number of carbonyl (C=O) groups is 1. The zero-order valence-electron chi connectivity index (χ0n) is 11.3. The van der Waals surface area contributed by atoms with Crippen LogP contribution in [0.2, 0.25) is 5.02 Å². The van der Waals surface area contributed by atoms with Crippen molar-refractivity contribution in [2.45, 2.75) is 6.54 Å². The fourth-order valence-corrected chi connectivity index (χ4v) is 2.20. The van der Waals surface area contributed by atoms with Gasteiger partial charge in [-0.3, -0.25) is 4.79 Å². The molecule has 0 N–H and O–H groups in total. The monoisotopic (exact) mass is 316 g/mol. The molecule has 3 aromatic rings. The summed E-state index contributed by atoms with van der Waals surface area (Å²) >= 11 is 5.98. The molecule has 22 heavy (non-hydrogen) atoms. The van der Waals surface area contributed by atoms with E-state index in [9.17, 15) is 9.18 Å². The van der Waals surface area contributed by atoms with Crippen LogP contribution in [0.25, 0.3) is 11.4 Å². The molecular weight excluding hydrogens is 307 g/mol.